The lowest BCUT2D eigenvalue weighted by Gasteiger charge is -2.26. The fraction of sp³-hybridized carbons (Fsp3) is 0.250. The van der Waals surface area contributed by atoms with Crippen molar-refractivity contribution in [2.45, 2.75) is 18.8 Å². The summed E-state index contributed by atoms with van der Waals surface area (Å²) >= 11 is 9.93. The smallest absolute Gasteiger partial charge is 0.0642 e. The molecule has 100 valence electrons. The van der Waals surface area contributed by atoms with E-state index in [0.717, 1.165) is 29.1 Å². The van der Waals surface area contributed by atoms with E-state index < -0.39 is 0 Å². The number of rotatable bonds is 5. The molecule has 0 unspecified atom stereocenters. The highest BCUT2D eigenvalue weighted by Gasteiger charge is 2.13. The quantitative estimate of drug-likeness (QED) is 0.672. The average Bonchev–Trinajstić information content (AvgIpc) is 2.46. The highest BCUT2D eigenvalue weighted by molar-refractivity contribution is 9.08. The van der Waals surface area contributed by atoms with Crippen LogP contribution in [0.5, 0.6) is 0 Å². The minimum atomic E-state index is 0.814. The highest BCUT2D eigenvalue weighted by atomic mass is 79.9. The molecule has 0 fully saturated rings. The van der Waals surface area contributed by atoms with Crippen LogP contribution in [0, 0.1) is 0 Å². The lowest BCUT2D eigenvalue weighted by molar-refractivity contribution is 0.828. The fourth-order valence-electron chi connectivity index (χ4n) is 2.17. The Morgan fingerprint density at radius 2 is 1.79 bits per heavy atom. The Kier molecular flexibility index (Phi) is 5.29. The van der Waals surface area contributed by atoms with Crippen molar-refractivity contribution in [3.05, 3.63) is 64.7 Å². The number of alkyl halides is 1. The standard InChI is InChI=1S/C16H17BrClN/c1-2-19(12-13-7-4-3-5-8-13)16-14(11-17)9-6-10-15(16)18/h3-10H,2,11-12H2,1H3. The largest absolute Gasteiger partial charge is 0.366 e. The number of nitrogens with zero attached hydrogens (tertiary/aromatic N) is 1. The van der Waals surface area contributed by atoms with Crippen LogP contribution in [0.2, 0.25) is 5.02 Å². The maximum Gasteiger partial charge on any atom is 0.0642 e. The van der Waals surface area contributed by atoms with Crippen molar-refractivity contribution in [2.75, 3.05) is 11.4 Å². The van der Waals surface area contributed by atoms with Crippen molar-refractivity contribution in [3.63, 3.8) is 0 Å². The van der Waals surface area contributed by atoms with E-state index in [9.17, 15) is 0 Å². The lowest BCUT2D eigenvalue weighted by Crippen LogP contribution is -2.23. The van der Waals surface area contributed by atoms with Gasteiger partial charge >= 0.3 is 0 Å². The topological polar surface area (TPSA) is 3.24 Å². The molecule has 0 atom stereocenters. The van der Waals surface area contributed by atoms with Gasteiger partial charge in [-0.3, -0.25) is 0 Å². The zero-order valence-corrected chi connectivity index (χ0v) is 13.3. The van der Waals surface area contributed by atoms with Gasteiger partial charge in [-0.1, -0.05) is 70.0 Å². The van der Waals surface area contributed by atoms with Gasteiger partial charge in [0.25, 0.3) is 0 Å². The lowest BCUT2D eigenvalue weighted by atomic mass is 10.1. The van der Waals surface area contributed by atoms with Gasteiger partial charge in [0.1, 0.15) is 0 Å². The predicted molar refractivity (Wildman–Crippen MR) is 87.2 cm³/mol. The van der Waals surface area contributed by atoms with E-state index in [1.165, 1.54) is 11.1 Å². The van der Waals surface area contributed by atoms with E-state index in [4.69, 9.17) is 11.6 Å². The fourth-order valence-corrected chi connectivity index (χ4v) is 2.94. The van der Waals surface area contributed by atoms with Crippen molar-refractivity contribution >= 4 is 33.2 Å². The third-order valence-corrected chi connectivity index (χ3v) is 4.04. The number of anilines is 1. The SMILES string of the molecule is CCN(Cc1ccccc1)c1c(Cl)cccc1CBr. The van der Waals surface area contributed by atoms with Crippen LogP contribution in [0.3, 0.4) is 0 Å². The first-order chi connectivity index (χ1) is 9.26. The molecule has 0 saturated heterocycles. The summed E-state index contributed by atoms with van der Waals surface area (Å²) in [7, 11) is 0. The van der Waals surface area contributed by atoms with Crippen LogP contribution in [-0.2, 0) is 11.9 Å². The molecule has 2 aromatic rings. The minimum Gasteiger partial charge on any atom is -0.366 e. The molecular weight excluding hydrogens is 322 g/mol. The van der Waals surface area contributed by atoms with Gasteiger partial charge in [-0.2, -0.15) is 0 Å². The molecule has 0 spiro atoms. The van der Waals surface area contributed by atoms with Crippen LogP contribution in [-0.4, -0.2) is 6.54 Å². The molecule has 0 heterocycles. The van der Waals surface area contributed by atoms with Gasteiger partial charge in [-0.15, -0.1) is 0 Å². The zero-order chi connectivity index (χ0) is 13.7. The molecule has 0 aliphatic rings. The molecule has 0 amide bonds. The number of para-hydroxylation sites is 1. The summed E-state index contributed by atoms with van der Waals surface area (Å²) in [4.78, 5) is 2.31. The Hall–Kier alpha value is -0.990. The summed E-state index contributed by atoms with van der Waals surface area (Å²) < 4.78 is 0. The Morgan fingerprint density at radius 3 is 2.42 bits per heavy atom. The summed E-state index contributed by atoms with van der Waals surface area (Å²) in [5.74, 6) is 0. The third-order valence-electron chi connectivity index (χ3n) is 3.13. The molecule has 1 nitrogen and oxygen atoms in total. The number of halogens is 2. The van der Waals surface area contributed by atoms with Crippen molar-refractivity contribution in [1.82, 2.24) is 0 Å². The van der Waals surface area contributed by atoms with Gasteiger partial charge in [0, 0.05) is 18.4 Å². The number of hydrogen-bond donors (Lipinski definition) is 0. The van der Waals surface area contributed by atoms with E-state index in [1.54, 1.807) is 0 Å². The Labute approximate surface area is 128 Å². The van der Waals surface area contributed by atoms with E-state index in [-0.39, 0.29) is 0 Å². The average molecular weight is 339 g/mol. The summed E-state index contributed by atoms with van der Waals surface area (Å²) in [6.07, 6.45) is 0. The van der Waals surface area contributed by atoms with Crippen molar-refractivity contribution in [3.8, 4) is 0 Å². The molecule has 2 rings (SSSR count). The second-order valence-electron chi connectivity index (χ2n) is 4.38. The maximum absolute atomic E-state index is 6.39. The van der Waals surface area contributed by atoms with E-state index >= 15 is 0 Å². The van der Waals surface area contributed by atoms with Crippen LogP contribution in [0.15, 0.2) is 48.5 Å². The molecule has 2 aromatic carbocycles. The van der Waals surface area contributed by atoms with Gasteiger partial charge in [0.2, 0.25) is 0 Å². The van der Waals surface area contributed by atoms with Crippen molar-refractivity contribution < 1.29 is 0 Å². The Balaban J connectivity index is 2.32. The van der Waals surface area contributed by atoms with Crippen LogP contribution >= 0.6 is 27.5 Å². The first kappa shape index (κ1) is 14.4. The van der Waals surface area contributed by atoms with Gasteiger partial charge in [-0.05, 0) is 24.1 Å². The van der Waals surface area contributed by atoms with Gasteiger partial charge in [0.05, 0.1) is 10.7 Å². The van der Waals surface area contributed by atoms with Gasteiger partial charge in [-0.25, -0.2) is 0 Å². The molecule has 0 saturated carbocycles. The first-order valence-corrected chi connectivity index (χ1v) is 7.88. The molecule has 0 bridgehead atoms. The third kappa shape index (κ3) is 3.52. The van der Waals surface area contributed by atoms with Gasteiger partial charge < -0.3 is 4.90 Å². The normalized spacial score (nSPS) is 10.5. The van der Waals surface area contributed by atoms with E-state index in [0.29, 0.717) is 0 Å². The van der Waals surface area contributed by atoms with E-state index in [2.05, 4.69) is 58.1 Å². The summed E-state index contributed by atoms with van der Waals surface area (Å²) in [5, 5.41) is 1.63. The monoisotopic (exact) mass is 337 g/mol. The summed E-state index contributed by atoms with van der Waals surface area (Å²) in [6.45, 7) is 3.96. The van der Waals surface area contributed by atoms with Crippen molar-refractivity contribution in [2.24, 2.45) is 0 Å². The van der Waals surface area contributed by atoms with Crippen LogP contribution in [0.4, 0.5) is 5.69 Å². The molecule has 0 N–H and O–H groups in total. The zero-order valence-electron chi connectivity index (χ0n) is 10.9. The number of hydrogen-bond acceptors (Lipinski definition) is 1. The second kappa shape index (κ2) is 6.97. The summed E-state index contributed by atoms with van der Waals surface area (Å²) in [6, 6.07) is 16.5. The molecule has 0 aliphatic heterocycles. The first-order valence-electron chi connectivity index (χ1n) is 6.38. The highest BCUT2D eigenvalue weighted by Crippen LogP contribution is 2.32. The molecule has 0 radical (unpaired) electrons. The molecule has 0 aromatic heterocycles. The molecule has 0 aliphatic carbocycles. The van der Waals surface area contributed by atoms with Gasteiger partial charge in [0.15, 0.2) is 0 Å². The van der Waals surface area contributed by atoms with E-state index in [1.807, 2.05) is 18.2 Å². The van der Waals surface area contributed by atoms with Crippen LogP contribution < -0.4 is 4.90 Å². The maximum atomic E-state index is 6.39. The summed E-state index contributed by atoms with van der Waals surface area (Å²) in [5.41, 5.74) is 3.66. The van der Waals surface area contributed by atoms with Crippen molar-refractivity contribution in [1.29, 1.82) is 0 Å². The predicted octanol–water partition coefficient (Wildman–Crippen LogP) is 5.26. The second-order valence-corrected chi connectivity index (χ2v) is 5.35. The Morgan fingerprint density at radius 1 is 1.05 bits per heavy atom. The minimum absolute atomic E-state index is 0.814. The molecule has 3 heteroatoms. The Bertz CT molecular complexity index is 528. The molecule has 19 heavy (non-hydrogen) atoms. The number of benzene rings is 2. The van der Waals surface area contributed by atoms with Crippen LogP contribution in [0.25, 0.3) is 0 Å². The molecular formula is C16H17BrClN. The van der Waals surface area contributed by atoms with Crippen LogP contribution in [0.1, 0.15) is 18.1 Å².